The van der Waals surface area contributed by atoms with Gasteiger partial charge >= 0.3 is 0 Å². The highest BCUT2D eigenvalue weighted by atomic mass is 79.9. The summed E-state index contributed by atoms with van der Waals surface area (Å²) in [4.78, 5) is 16.1. The summed E-state index contributed by atoms with van der Waals surface area (Å²) >= 11 is 3.41. The molecule has 0 atom stereocenters. The quantitative estimate of drug-likeness (QED) is 0.661. The molecule has 0 aliphatic carbocycles. The average molecular weight is 397 g/mol. The lowest BCUT2D eigenvalue weighted by molar-refractivity contribution is -0.111. The molecule has 0 radical (unpaired) electrons. The van der Waals surface area contributed by atoms with Gasteiger partial charge in [-0.05, 0) is 36.3 Å². The summed E-state index contributed by atoms with van der Waals surface area (Å²) in [5.74, 6) is 0.0256. The molecular weight excluding hydrogens is 380 g/mol. The van der Waals surface area contributed by atoms with Gasteiger partial charge in [0.1, 0.15) is 6.33 Å². The monoisotopic (exact) mass is 396 g/mol. The largest absolute Gasteiger partial charge is 0.290 e. The fourth-order valence-electron chi connectivity index (χ4n) is 2.21. The number of aryl methyl sites for hydroxylation is 1. The Morgan fingerprint density at radius 3 is 2.60 bits per heavy atom. The van der Waals surface area contributed by atoms with Gasteiger partial charge in [-0.3, -0.25) is 10.1 Å². The zero-order valence-corrected chi connectivity index (χ0v) is 15.3. The summed E-state index contributed by atoms with van der Waals surface area (Å²) in [5.41, 5.74) is 3.25. The van der Waals surface area contributed by atoms with Crippen LogP contribution in [0.3, 0.4) is 0 Å². The normalized spacial score (nSPS) is 11.0. The molecule has 3 aromatic rings. The van der Waals surface area contributed by atoms with Gasteiger partial charge in [0, 0.05) is 10.5 Å². The number of aromatic nitrogens is 3. The first kappa shape index (κ1) is 17.1. The van der Waals surface area contributed by atoms with E-state index in [1.807, 2.05) is 55.5 Å². The van der Waals surface area contributed by atoms with Gasteiger partial charge in [0.25, 0.3) is 5.91 Å². The molecule has 2 aromatic carbocycles. The van der Waals surface area contributed by atoms with Crippen molar-refractivity contribution in [1.82, 2.24) is 14.8 Å². The lowest BCUT2D eigenvalue weighted by Crippen LogP contribution is -2.10. The minimum absolute atomic E-state index is 0.262. The summed E-state index contributed by atoms with van der Waals surface area (Å²) in [6, 6.07) is 15.9. The van der Waals surface area contributed by atoms with Crippen LogP contribution in [0.4, 0.5) is 5.95 Å². The Labute approximate surface area is 154 Å². The predicted molar refractivity (Wildman–Crippen MR) is 102 cm³/mol. The lowest BCUT2D eigenvalue weighted by atomic mass is 10.1. The highest BCUT2D eigenvalue weighted by molar-refractivity contribution is 9.10. The fraction of sp³-hybridized carbons (Fsp3) is 0.105. The number of nitrogens with zero attached hydrogens (tertiary/aromatic N) is 3. The van der Waals surface area contributed by atoms with E-state index in [-0.39, 0.29) is 11.9 Å². The van der Waals surface area contributed by atoms with Crippen LogP contribution in [0.1, 0.15) is 16.7 Å². The molecule has 5 nitrogen and oxygen atoms in total. The standard InChI is InChI=1S/C19H17BrN4O/c1-14-2-4-15(5-3-14)8-11-18(25)22-19-21-13-24(23-19)12-16-6-9-17(20)10-7-16/h2-11,13H,12H2,1H3,(H,22,23,25)/b11-8+. The Morgan fingerprint density at radius 2 is 1.88 bits per heavy atom. The number of carbonyl (C=O) groups excluding carboxylic acids is 1. The third-order valence-corrected chi connectivity index (χ3v) is 4.06. The van der Waals surface area contributed by atoms with Crippen molar-refractivity contribution in [3.63, 3.8) is 0 Å². The molecule has 3 rings (SSSR count). The smallest absolute Gasteiger partial charge is 0.250 e. The Balaban J connectivity index is 1.57. The van der Waals surface area contributed by atoms with Crippen molar-refractivity contribution in [3.05, 3.63) is 82.1 Å². The molecule has 25 heavy (non-hydrogen) atoms. The SMILES string of the molecule is Cc1ccc(/C=C/C(=O)Nc2ncn(Cc3ccc(Br)cc3)n2)cc1. The van der Waals surface area contributed by atoms with Gasteiger partial charge in [0.2, 0.25) is 5.95 Å². The van der Waals surface area contributed by atoms with Gasteiger partial charge in [-0.25, -0.2) is 9.67 Å². The van der Waals surface area contributed by atoms with Crippen LogP contribution in [-0.4, -0.2) is 20.7 Å². The second-order valence-corrected chi connectivity index (χ2v) is 6.54. The van der Waals surface area contributed by atoms with Crippen LogP contribution in [-0.2, 0) is 11.3 Å². The van der Waals surface area contributed by atoms with E-state index in [0.717, 1.165) is 15.6 Å². The minimum atomic E-state index is -0.262. The molecule has 0 unspecified atom stereocenters. The van der Waals surface area contributed by atoms with Crippen molar-refractivity contribution in [2.75, 3.05) is 5.32 Å². The van der Waals surface area contributed by atoms with E-state index in [2.05, 4.69) is 31.3 Å². The molecule has 0 saturated heterocycles. The zero-order valence-electron chi connectivity index (χ0n) is 13.7. The Hall–Kier alpha value is -2.73. The van der Waals surface area contributed by atoms with E-state index in [1.54, 1.807) is 17.1 Å². The number of benzene rings is 2. The molecule has 1 aromatic heterocycles. The van der Waals surface area contributed by atoms with Gasteiger partial charge in [-0.2, -0.15) is 0 Å². The third kappa shape index (κ3) is 5.12. The molecule has 0 aliphatic rings. The molecule has 1 amide bonds. The number of amides is 1. The Bertz CT molecular complexity index is 883. The Kier molecular flexibility index (Phi) is 5.40. The van der Waals surface area contributed by atoms with Gasteiger partial charge in [0.05, 0.1) is 6.54 Å². The third-order valence-electron chi connectivity index (χ3n) is 3.53. The van der Waals surface area contributed by atoms with Crippen molar-refractivity contribution in [2.24, 2.45) is 0 Å². The molecule has 1 heterocycles. The van der Waals surface area contributed by atoms with Gasteiger partial charge < -0.3 is 0 Å². The van der Waals surface area contributed by atoms with Crippen molar-refractivity contribution < 1.29 is 4.79 Å². The molecular formula is C19H17BrN4O. The summed E-state index contributed by atoms with van der Waals surface area (Å²) < 4.78 is 2.71. The molecule has 0 aliphatic heterocycles. The van der Waals surface area contributed by atoms with Crippen LogP contribution in [0, 0.1) is 6.92 Å². The number of hydrogen-bond donors (Lipinski definition) is 1. The second kappa shape index (κ2) is 7.90. The minimum Gasteiger partial charge on any atom is -0.290 e. The summed E-state index contributed by atoms with van der Waals surface area (Å²) in [6.07, 6.45) is 4.83. The first-order valence-corrected chi connectivity index (χ1v) is 8.57. The van der Waals surface area contributed by atoms with Gasteiger partial charge in [-0.15, -0.1) is 5.10 Å². The van der Waals surface area contributed by atoms with Gasteiger partial charge in [0.15, 0.2) is 0 Å². The van der Waals surface area contributed by atoms with E-state index in [9.17, 15) is 4.79 Å². The molecule has 0 bridgehead atoms. The number of carbonyl (C=O) groups is 1. The van der Waals surface area contributed by atoms with E-state index >= 15 is 0 Å². The first-order valence-electron chi connectivity index (χ1n) is 7.78. The van der Waals surface area contributed by atoms with E-state index < -0.39 is 0 Å². The highest BCUT2D eigenvalue weighted by Crippen LogP contribution is 2.11. The lowest BCUT2D eigenvalue weighted by Gasteiger charge is -2.01. The highest BCUT2D eigenvalue weighted by Gasteiger charge is 2.04. The van der Waals surface area contributed by atoms with Crippen molar-refractivity contribution in [3.8, 4) is 0 Å². The van der Waals surface area contributed by atoms with Crippen LogP contribution < -0.4 is 5.32 Å². The maximum atomic E-state index is 12.0. The number of anilines is 1. The summed E-state index contributed by atoms with van der Waals surface area (Å²) in [7, 11) is 0. The molecule has 126 valence electrons. The maximum Gasteiger partial charge on any atom is 0.250 e. The molecule has 0 fully saturated rings. The molecule has 0 spiro atoms. The van der Waals surface area contributed by atoms with E-state index in [0.29, 0.717) is 6.54 Å². The average Bonchev–Trinajstić information content (AvgIpc) is 3.03. The molecule has 1 N–H and O–H groups in total. The summed E-state index contributed by atoms with van der Waals surface area (Å²) in [6.45, 7) is 2.62. The van der Waals surface area contributed by atoms with Crippen molar-refractivity contribution >= 4 is 33.9 Å². The zero-order chi connectivity index (χ0) is 17.6. The summed E-state index contributed by atoms with van der Waals surface area (Å²) in [5, 5.41) is 6.93. The number of hydrogen-bond acceptors (Lipinski definition) is 3. The Morgan fingerprint density at radius 1 is 1.16 bits per heavy atom. The fourth-order valence-corrected chi connectivity index (χ4v) is 2.47. The number of halogens is 1. The van der Waals surface area contributed by atoms with E-state index in [1.165, 1.54) is 11.6 Å². The van der Waals surface area contributed by atoms with Crippen LogP contribution in [0.5, 0.6) is 0 Å². The van der Waals surface area contributed by atoms with E-state index in [4.69, 9.17) is 0 Å². The van der Waals surface area contributed by atoms with Crippen LogP contribution in [0.15, 0.2) is 65.4 Å². The number of rotatable bonds is 5. The van der Waals surface area contributed by atoms with Crippen molar-refractivity contribution in [1.29, 1.82) is 0 Å². The number of nitrogens with one attached hydrogen (secondary N) is 1. The molecule has 0 saturated carbocycles. The van der Waals surface area contributed by atoms with Crippen LogP contribution >= 0.6 is 15.9 Å². The predicted octanol–water partition coefficient (Wildman–Crippen LogP) is 4.05. The second-order valence-electron chi connectivity index (χ2n) is 5.63. The van der Waals surface area contributed by atoms with Crippen molar-refractivity contribution in [2.45, 2.75) is 13.5 Å². The topological polar surface area (TPSA) is 59.8 Å². The maximum absolute atomic E-state index is 12.0. The first-order chi connectivity index (χ1) is 12.1. The van der Waals surface area contributed by atoms with Crippen LogP contribution in [0.25, 0.3) is 6.08 Å². The molecule has 6 heteroatoms. The van der Waals surface area contributed by atoms with Crippen LogP contribution in [0.2, 0.25) is 0 Å². The van der Waals surface area contributed by atoms with Gasteiger partial charge in [-0.1, -0.05) is 57.9 Å².